The van der Waals surface area contributed by atoms with E-state index >= 15 is 0 Å². The van der Waals surface area contributed by atoms with Crippen molar-refractivity contribution in [3.8, 4) is 0 Å². The highest BCUT2D eigenvalue weighted by molar-refractivity contribution is 7.92. The predicted octanol–water partition coefficient (Wildman–Crippen LogP) is 4.32. The molecule has 0 aliphatic carbocycles. The van der Waals surface area contributed by atoms with Gasteiger partial charge in [0, 0.05) is 30.1 Å². The Bertz CT molecular complexity index is 1230. The molecule has 0 spiro atoms. The summed E-state index contributed by atoms with van der Waals surface area (Å²) in [5.74, 6) is -0.183. The molecule has 1 atom stereocenters. The van der Waals surface area contributed by atoms with E-state index in [1.54, 1.807) is 34.4 Å². The van der Waals surface area contributed by atoms with Gasteiger partial charge in [0.1, 0.15) is 0 Å². The summed E-state index contributed by atoms with van der Waals surface area (Å²) >= 11 is 1.60. The topological polar surface area (TPSA) is 66.9 Å². The average Bonchev–Trinajstić information content (AvgIpc) is 3.60. The number of para-hydroxylation sites is 1. The Hall–Kier alpha value is -2.68. The van der Waals surface area contributed by atoms with Crippen LogP contribution in [0.25, 0.3) is 0 Å². The minimum Gasteiger partial charge on any atom is -0.376 e. The fourth-order valence-corrected chi connectivity index (χ4v) is 6.77. The van der Waals surface area contributed by atoms with Crippen LogP contribution in [0.2, 0.25) is 0 Å². The minimum atomic E-state index is -3.77. The highest BCUT2D eigenvalue weighted by Gasteiger charge is 2.31. The van der Waals surface area contributed by atoms with Crippen LogP contribution in [0, 0.1) is 0 Å². The number of rotatable bonds is 7. The van der Waals surface area contributed by atoms with Gasteiger partial charge in [0.15, 0.2) is 0 Å². The van der Waals surface area contributed by atoms with E-state index in [0.717, 1.165) is 29.9 Å². The molecule has 3 aromatic rings. The van der Waals surface area contributed by atoms with E-state index in [4.69, 9.17) is 4.74 Å². The molecule has 0 saturated carbocycles. The number of anilines is 1. The number of thiophene rings is 1. The number of carbonyl (C=O) groups is 1. The Labute approximate surface area is 198 Å². The van der Waals surface area contributed by atoms with Gasteiger partial charge in [0.05, 0.1) is 23.2 Å². The van der Waals surface area contributed by atoms with E-state index in [0.29, 0.717) is 37.3 Å². The summed E-state index contributed by atoms with van der Waals surface area (Å²) in [4.78, 5) is 16.5. The first-order valence-corrected chi connectivity index (χ1v) is 13.5. The fraction of sp³-hybridized carbons (Fsp3) is 0.320. The Morgan fingerprint density at radius 3 is 2.79 bits per heavy atom. The van der Waals surface area contributed by atoms with Crippen molar-refractivity contribution in [3.05, 3.63) is 82.0 Å². The molecule has 0 radical (unpaired) electrons. The van der Waals surface area contributed by atoms with Gasteiger partial charge in [-0.2, -0.15) is 0 Å². The van der Waals surface area contributed by atoms with Crippen LogP contribution in [-0.4, -0.2) is 45.0 Å². The molecule has 1 aromatic heterocycles. The van der Waals surface area contributed by atoms with Crippen molar-refractivity contribution in [1.82, 2.24) is 4.90 Å². The Kier molecular flexibility index (Phi) is 6.23. The quantitative estimate of drug-likeness (QED) is 0.503. The molecule has 0 N–H and O–H groups in total. The van der Waals surface area contributed by atoms with Crippen LogP contribution in [0.5, 0.6) is 0 Å². The van der Waals surface area contributed by atoms with Crippen molar-refractivity contribution in [1.29, 1.82) is 0 Å². The van der Waals surface area contributed by atoms with E-state index in [-0.39, 0.29) is 16.9 Å². The van der Waals surface area contributed by atoms with Crippen molar-refractivity contribution in [2.24, 2.45) is 0 Å². The van der Waals surface area contributed by atoms with Crippen LogP contribution in [0.15, 0.2) is 70.9 Å². The molecule has 2 aromatic carbocycles. The third kappa shape index (κ3) is 4.55. The number of amides is 1. The highest BCUT2D eigenvalue weighted by Crippen LogP contribution is 2.33. The molecule has 1 saturated heterocycles. The Morgan fingerprint density at radius 1 is 1.12 bits per heavy atom. The van der Waals surface area contributed by atoms with Crippen LogP contribution in [0.1, 0.15) is 33.6 Å². The van der Waals surface area contributed by atoms with Crippen LogP contribution < -0.4 is 4.31 Å². The molecule has 1 unspecified atom stereocenters. The Balaban J connectivity index is 1.42. The van der Waals surface area contributed by atoms with Crippen molar-refractivity contribution in [3.63, 3.8) is 0 Å². The molecule has 33 heavy (non-hydrogen) atoms. The second kappa shape index (κ2) is 9.29. The zero-order chi connectivity index (χ0) is 22.8. The van der Waals surface area contributed by atoms with Gasteiger partial charge in [-0.25, -0.2) is 8.42 Å². The number of hydrogen-bond acceptors (Lipinski definition) is 5. The number of nitrogens with zero attached hydrogens (tertiary/aromatic N) is 2. The van der Waals surface area contributed by atoms with Gasteiger partial charge in [-0.05, 0) is 60.5 Å². The van der Waals surface area contributed by atoms with Gasteiger partial charge in [0.25, 0.3) is 15.9 Å². The molecule has 5 rings (SSSR count). The van der Waals surface area contributed by atoms with Gasteiger partial charge in [-0.1, -0.05) is 30.3 Å². The maximum atomic E-state index is 13.5. The maximum Gasteiger partial charge on any atom is 0.264 e. The number of hydrogen-bond donors (Lipinski definition) is 0. The summed E-state index contributed by atoms with van der Waals surface area (Å²) in [6.07, 6.45) is 2.62. The third-order valence-corrected chi connectivity index (χ3v) is 8.85. The van der Waals surface area contributed by atoms with E-state index in [9.17, 15) is 13.2 Å². The zero-order valence-electron chi connectivity index (χ0n) is 18.2. The lowest BCUT2D eigenvalue weighted by molar-refractivity contribution is 0.0509. The van der Waals surface area contributed by atoms with E-state index in [1.165, 1.54) is 10.4 Å². The SMILES string of the molecule is O=C(c1cccc(S(=O)(=O)N2CCc3ccccc32)c1)N(Cc1cccs1)CC1CCCO1. The second-order valence-electron chi connectivity index (χ2n) is 8.38. The largest absolute Gasteiger partial charge is 0.376 e. The zero-order valence-corrected chi connectivity index (χ0v) is 19.9. The molecule has 1 amide bonds. The normalized spacial score (nSPS) is 17.8. The molecule has 172 valence electrons. The lowest BCUT2D eigenvalue weighted by Gasteiger charge is -2.25. The molecule has 3 heterocycles. The summed E-state index contributed by atoms with van der Waals surface area (Å²) in [5.41, 5.74) is 2.11. The third-order valence-electron chi connectivity index (χ3n) is 6.18. The molecule has 6 nitrogen and oxygen atoms in total. The number of ether oxygens (including phenoxy) is 1. The molecular weight excluding hydrogens is 456 g/mol. The van der Waals surface area contributed by atoms with Gasteiger partial charge < -0.3 is 9.64 Å². The average molecular weight is 483 g/mol. The number of sulfonamides is 1. The van der Waals surface area contributed by atoms with E-state index in [2.05, 4.69) is 0 Å². The maximum absolute atomic E-state index is 13.5. The number of carbonyl (C=O) groups excluding carboxylic acids is 1. The summed E-state index contributed by atoms with van der Waals surface area (Å²) in [6, 6.07) is 17.9. The summed E-state index contributed by atoms with van der Waals surface area (Å²) in [6.45, 7) is 2.10. The van der Waals surface area contributed by atoms with Crippen LogP contribution in [0.3, 0.4) is 0 Å². The van der Waals surface area contributed by atoms with E-state index < -0.39 is 10.0 Å². The fourth-order valence-electron chi connectivity index (χ4n) is 4.50. The number of benzene rings is 2. The van der Waals surface area contributed by atoms with E-state index in [1.807, 2.05) is 41.8 Å². The Morgan fingerprint density at radius 2 is 2.00 bits per heavy atom. The standard InChI is InChI=1S/C25H26N2O4S2/c28-25(26(17-21-8-4-14-31-21)18-22-9-5-15-32-22)20-7-3-10-23(16-20)33(29,30)27-13-12-19-6-1-2-11-24(19)27/h1-3,5-7,9-11,15-16,21H,4,8,12-14,17-18H2. The molecule has 1 fully saturated rings. The van der Waals surface area contributed by atoms with Crippen LogP contribution >= 0.6 is 11.3 Å². The van der Waals surface area contributed by atoms with Gasteiger partial charge in [-0.15, -0.1) is 11.3 Å². The second-order valence-corrected chi connectivity index (χ2v) is 11.3. The van der Waals surface area contributed by atoms with Crippen LogP contribution in [0.4, 0.5) is 5.69 Å². The molecule has 0 bridgehead atoms. The van der Waals surface area contributed by atoms with Crippen molar-refractivity contribution in [2.75, 3.05) is 24.0 Å². The predicted molar refractivity (Wildman–Crippen MR) is 129 cm³/mol. The summed E-state index contributed by atoms with van der Waals surface area (Å²) < 4.78 is 34.1. The van der Waals surface area contributed by atoms with Gasteiger partial charge in [-0.3, -0.25) is 9.10 Å². The monoisotopic (exact) mass is 482 g/mol. The van der Waals surface area contributed by atoms with Crippen molar-refractivity contribution >= 4 is 33.0 Å². The smallest absolute Gasteiger partial charge is 0.264 e. The lowest BCUT2D eigenvalue weighted by atomic mass is 10.1. The van der Waals surface area contributed by atoms with Crippen molar-refractivity contribution in [2.45, 2.75) is 36.8 Å². The molecular formula is C25H26N2O4S2. The summed E-state index contributed by atoms with van der Waals surface area (Å²) in [5, 5.41) is 1.99. The van der Waals surface area contributed by atoms with Gasteiger partial charge in [0.2, 0.25) is 0 Å². The first kappa shape index (κ1) is 22.1. The van der Waals surface area contributed by atoms with Crippen molar-refractivity contribution < 1.29 is 17.9 Å². The lowest BCUT2D eigenvalue weighted by Crippen LogP contribution is -2.37. The van der Waals surface area contributed by atoms with Crippen LogP contribution in [-0.2, 0) is 27.7 Å². The molecule has 8 heteroatoms. The molecule has 2 aliphatic heterocycles. The summed E-state index contributed by atoms with van der Waals surface area (Å²) in [7, 11) is -3.77. The number of fused-ring (bicyclic) bond motifs is 1. The first-order chi connectivity index (χ1) is 16.0. The molecule has 2 aliphatic rings. The highest BCUT2D eigenvalue weighted by atomic mass is 32.2. The first-order valence-electron chi connectivity index (χ1n) is 11.2. The minimum absolute atomic E-state index is 0.0157. The van der Waals surface area contributed by atoms with Gasteiger partial charge >= 0.3 is 0 Å².